The van der Waals surface area contributed by atoms with Crippen LogP contribution in [0, 0.1) is 5.92 Å². The normalized spacial score (nSPS) is 11.9. The van der Waals surface area contributed by atoms with Crippen LogP contribution in [0.3, 0.4) is 0 Å². The molecular weight excluding hydrogens is 440 g/mol. The Labute approximate surface area is 207 Å². The van der Waals surface area contributed by atoms with Crippen LogP contribution < -0.4 is 10.4 Å². The van der Waals surface area contributed by atoms with Crippen LogP contribution in [-0.4, -0.2) is 19.2 Å². The van der Waals surface area contributed by atoms with Crippen molar-refractivity contribution >= 4 is 16.9 Å². The van der Waals surface area contributed by atoms with E-state index in [9.17, 15) is 9.59 Å². The molecule has 0 radical (unpaired) electrons. The van der Waals surface area contributed by atoms with E-state index in [-0.39, 0.29) is 18.2 Å². The standard InChI is InChI=1S/C30H36O5/c1-6-8-9-10-22-11-14-26(23(7-2)15-22)27-16-24-12-13-25(17-28(24)35-30(27)32)33-18-21(5)19-34-29(31)20(3)4/h11-17,21H,3,6-10,18-19H2,1-2,4-5H3. The zero-order chi connectivity index (χ0) is 25.4. The van der Waals surface area contributed by atoms with Gasteiger partial charge in [-0.05, 0) is 61.1 Å². The van der Waals surface area contributed by atoms with Crippen molar-refractivity contribution in [3.8, 4) is 16.9 Å². The molecule has 0 N–H and O–H groups in total. The second kappa shape index (κ2) is 12.4. The number of hydrogen-bond acceptors (Lipinski definition) is 5. The van der Waals surface area contributed by atoms with Crippen molar-refractivity contribution in [3.05, 3.63) is 76.2 Å². The van der Waals surface area contributed by atoms with Gasteiger partial charge in [0.1, 0.15) is 11.3 Å². The first-order chi connectivity index (χ1) is 16.8. The van der Waals surface area contributed by atoms with Gasteiger partial charge in [0, 0.05) is 22.9 Å². The maximum absolute atomic E-state index is 12.9. The molecule has 0 saturated carbocycles. The molecule has 1 aromatic heterocycles. The predicted octanol–water partition coefficient (Wildman–Crippen LogP) is 6.89. The molecule has 186 valence electrons. The van der Waals surface area contributed by atoms with Crippen molar-refractivity contribution < 1.29 is 18.7 Å². The van der Waals surface area contributed by atoms with Gasteiger partial charge in [0.15, 0.2) is 0 Å². The van der Waals surface area contributed by atoms with Gasteiger partial charge in [-0.3, -0.25) is 0 Å². The van der Waals surface area contributed by atoms with Crippen LogP contribution in [-0.2, 0) is 22.4 Å². The zero-order valence-electron chi connectivity index (χ0n) is 21.3. The number of fused-ring (bicyclic) bond motifs is 1. The smallest absolute Gasteiger partial charge is 0.344 e. The van der Waals surface area contributed by atoms with E-state index in [2.05, 4.69) is 38.6 Å². The molecule has 1 atom stereocenters. The number of esters is 1. The Morgan fingerprint density at radius 2 is 1.83 bits per heavy atom. The molecule has 2 aromatic carbocycles. The number of carbonyl (C=O) groups excluding carboxylic acids is 1. The minimum Gasteiger partial charge on any atom is -0.493 e. The van der Waals surface area contributed by atoms with Gasteiger partial charge in [-0.1, -0.05) is 58.4 Å². The highest BCUT2D eigenvalue weighted by Crippen LogP contribution is 2.28. The van der Waals surface area contributed by atoms with Crippen LogP contribution in [0.5, 0.6) is 5.75 Å². The number of rotatable bonds is 12. The summed E-state index contributed by atoms with van der Waals surface area (Å²) in [6.45, 7) is 12.0. The summed E-state index contributed by atoms with van der Waals surface area (Å²) in [5.74, 6) is 0.190. The van der Waals surface area contributed by atoms with E-state index in [1.165, 1.54) is 24.8 Å². The lowest BCUT2D eigenvalue weighted by Gasteiger charge is -2.14. The summed E-state index contributed by atoms with van der Waals surface area (Å²) in [5.41, 5.74) is 4.48. The first-order valence-electron chi connectivity index (χ1n) is 12.5. The zero-order valence-corrected chi connectivity index (χ0v) is 21.3. The van der Waals surface area contributed by atoms with Gasteiger partial charge >= 0.3 is 11.6 Å². The third-order valence-electron chi connectivity index (χ3n) is 6.00. The average molecular weight is 477 g/mol. The molecule has 0 aliphatic carbocycles. The van der Waals surface area contributed by atoms with Crippen LogP contribution in [0.15, 0.2) is 63.8 Å². The molecular formula is C30H36O5. The molecule has 3 aromatic rings. The second-order valence-electron chi connectivity index (χ2n) is 9.24. The highest BCUT2D eigenvalue weighted by Gasteiger charge is 2.14. The highest BCUT2D eigenvalue weighted by atomic mass is 16.5. The van der Waals surface area contributed by atoms with Gasteiger partial charge in [-0.25, -0.2) is 9.59 Å². The van der Waals surface area contributed by atoms with Gasteiger partial charge in [0.05, 0.1) is 18.8 Å². The minimum atomic E-state index is -0.405. The van der Waals surface area contributed by atoms with Gasteiger partial charge in [-0.15, -0.1) is 0 Å². The molecule has 0 bridgehead atoms. The minimum absolute atomic E-state index is 0.000732. The van der Waals surface area contributed by atoms with Gasteiger partial charge in [0.2, 0.25) is 0 Å². The maximum atomic E-state index is 12.9. The summed E-state index contributed by atoms with van der Waals surface area (Å²) in [6.07, 6.45) is 5.52. The lowest BCUT2D eigenvalue weighted by atomic mass is 9.94. The summed E-state index contributed by atoms with van der Waals surface area (Å²) >= 11 is 0. The Bertz CT molecular complexity index is 1240. The van der Waals surface area contributed by atoms with Crippen molar-refractivity contribution in [1.29, 1.82) is 0 Å². The van der Waals surface area contributed by atoms with Crippen LogP contribution in [0.25, 0.3) is 22.1 Å². The quantitative estimate of drug-likeness (QED) is 0.123. The Kier molecular flexibility index (Phi) is 9.30. The molecule has 1 heterocycles. The molecule has 35 heavy (non-hydrogen) atoms. The fourth-order valence-corrected chi connectivity index (χ4v) is 3.93. The molecule has 5 nitrogen and oxygen atoms in total. The second-order valence-corrected chi connectivity index (χ2v) is 9.24. The Balaban J connectivity index is 1.75. The molecule has 0 amide bonds. The van der Waals surface area contributed by atoms with Gasteiger partial charge < -0.3 is 13.9 Å². The molecule has 3 rings (SSSR count). The van der Waals surface area contributed by atoms with Crippen molar-refractivity contribution in [2.24, 2.45) is 5.92 Å². The molecule has 1 unspecified atom stereocenters. The van der Waals surface area contributed by atoms with Crippen LogP contribution in [0.1, 0.15) is 58.1 Å². The molecule has 5 heteroatoms. The SMILES string of the molecule is C=C(C)C(=O)OCC(C)COc1ccc2cc(-c3ccc(CCCCC)cc3CC)c(=O)oc2c1. The summed E-state index contributed by atoms with van der Waals surface area (Å²) in [6, 6.07) is 13.8. The van der Waals surface area contributed by atoms with E-state index in [1.54, 1.807) is 13.0 Å². The van der Waals surface area contributed by atoms with Crippen molar-refractivity contribution in [1.82, 2.24) is 0 Å². The lowest BCUT2D eigenvalue weighted by Crippen LogP contribution is -2.18. The lowest BCUT2D eigenvalue weighted by molar-refractivity contribution is -0.140. The first kappa shape index (κ1) is 26.3. The van der Waals surface area contributed by atoms with E-state index in [0.717, 1.165) is 29.4 Å². The van der Waals surface area contributed by atoms with E-state index in [0.29, 0.717) is 29.1 Å². The molecule has 0 saturated heterocycles. The van der Waals surface area contributed by atoms with E-state index in [1.807, 2.05) is 25.1 Å². The molecule has 0 fully saturated rings. The number of unbranched alkanes of at least 4 members (excludes halogenated alkanes) is 2. The Hall–Kier alpha value is -3.34. The number of aryl methyl sites for hydroxylation is 2. The summed E-state index contributed by atoms with van der Waals surface area (Å²) in [7, 11) is 0. The molecule has 0 aliphatic rings. The summed E-state index contributed by atoms with van der Waals surface area (Å²) in [4.78, 5) is 24.5. The van der Waals surface area contributed by atoms with Crippen LogP contribution in [0.4, 0.5) is 0 Å². The largest absolute Gasteiger partial charge is 0.493 e. The first-order valence-corrected chi connectivity index (χ1v) is 12.5. The third kappa shape index (κ3) is 7.08. The monoisotopic (exact) mass is 476 g/mol. The maximum Gasteiger partial charge on any atom is 0.344 e. The van der Waals surface area contributed by atoms with E-state index >= 15 is 0 Å². The summed E-state index contributed by atoms with van der Waals surface area (Å²) in [5, 5.41) is 0.837. The molecule has 0 aliphatic heterocycles. The van der Waals surface area contributed by atoms with E-state index < -0.39 is 5.97 Å². The Morgan fingerprint density at radius 1 is 1.03 bits per heavy atom. The van der Waals surface area contributed by atoms with E-state index in [4.69, 9.17) is 13.9 Å². The fraction of sp³-hybridized carbons (Fsp3) is 0.400. The summed E-state index contributed by atoms with van der Waals surface area (Å²) < 4.78 is 16.7. The topological polar surface area (TPSA) is 65.7 Å². The fourth-order valence-electron chi connectivity index (χ4n) is 3.93. The van der Waals surface area contributed by atoms with Gasteiger partial charge in [-0.2, -0.15) is 0 Å². The van der Waals surface area contributed by atoms with Crippen LogP contribution in [0.2, 0.25) is 0 Å². The number of ether oxygens (including phenoxy) is 2. The third-order valence-corrected chi connectivity index (χ3v) is 6.00. The Morgan fingerprint density at radius 3 is 2.54 bits per heavy atom. The van der Waals surface area contributed by atoms with Crippen molar-refractivity contribution in [3.63, 3.8) is 0 Å². The van der Waals surface area contributed by atoms with Gasteiger partial charge in [0.25, 0.3) is 0 Å². The number of benzene rings is 2. The van der Waals surface area contributed by atoms with Crippen molar-refractivity contribution in [2.45, 2.75) is 59.8 Å². The number of hydrogen-bond donors (Lipinski definition) is 0. The van der Waals surface area contributed by atoms with Crippen molar-refractivity contribution in [2.75, 3.05) is 13.2 Å². The number of carbonyl (C=O) groups is 1. The molecule has 0 spiro atoms. The van der Waals surface area contributed by atoms with Crippen LogP contribution >= 0.6 is 0 Å². The predicted molar refractivity (Wildman–Crippen MR) is 141 cm³/mol. The highest BCUT2D eigenvalue weighted by molar-refractivity contribution is 5.87. The average Bonchev–Trinajstić information content (AvgIpc) is 2.85.